The van der Waals surface area contributed by atoms with Crippen molar-refractivity contribution in [3.63, 3.8) is 0 Å². The number of amides is 1. The lowest BCUT2D eigenvalue weighted by atomic mass is 10.2. The summed E-state index contributed by atoms with van der Waals surface area (Å²) < 4.78 is 30.7. The van der Waals surface area contributed by atoms with Gasteiger partial charge >= 0.3 is 0 Å². The lowest BCUT2D eigenvalue weighted by molar-refractivity contribution is 0.0958. The van der Waals surface area contributed by atoms with Gasteiger partial charge in [0, 0.05) is 19.3 Å². The summed E-state index contributed by atoms with van der Waals surface area (Å²) in [6.45, 7) is 0. The maximum absolute atomic E-state index is 11.7. The monoisotopic (exact) mass is 285 g/mol. The maximum Gasteiger partial charge on any atom is 0.271 e. The van der Waals surface area contributed by atoms with Crippen LogP contribution in [0.2, 0.25) is 0 Å². The van der Waals surface area contributed by atoms with Gasteiger partial charge in [-0.3, -0.25) is 9.52 Å². The van der Waals surface area contributed by atoms with E-state index in [1.54, 1.807) is 0 Å². The molecule has 19 heavy (non-hydrogen) atoms. The smallest absolute Gasteiger partial charge is 0.271 e. The number of hydrogen-bond donors (Lipinski definition) is 2. The number of carbonyl (C=O) groups excluding carboxylic acids is 1. The van der Waals surface area contributed by atoms with Gasteiger partial charge in [0.05, 0.1) is 12.4 Å². The molecule has 2 rings (SSSR count). The minimum absolute atomic E-state index is 0.00826. The quantitative estimate of drug-likeness (QED) is 0.813. The zero-order valence-corrected chi connectivity index (χ0v) is 11.5. The SMILES string of the molecule is CNC(=O)c1nccc(OC2CC2)c1NS(C)(=O)=O. The fourth-order valence-corrected chi connectivity index (χ4v) is 2.05. The van der Waals surface area contributed by atoms with Gasteiger partial charge in [0.15, 0.2) is 5.69 Å². The Hall–Kier alpha value is -1.83. The molecule has 1 aliphatic rings. The first-order chi connectivity index (χ1) is 8.90. The van der Waals surface area contributed by atoms with Crippen molar-refractivity contribution < 1.29 is 17.9 Å². The van der Waals surface area contributed by atoms with Crippen LogP contribution < -0.4 is 14.8 Å². The number of nitrogens with zero attached hydrogens (tertiary/aromatic N) is 1. The molecule has 0 aromatic carbocycles. The number of hydrogen-bond acceptors (Lipinski definition) is 5. The molecule has 104 valence electrons. The van der Waals surface area contributed by atoms with Crippen LogP contribution in [0.1, 0.15) is 23.3 Å². The number of ether oxygens (including phenoxy) is 1. The molecule has 0 aliphatic heterocycles. The minimum Gasteiger partial charge on any atom is -0.488 e. The zero-order chi connectivity index (χ0) is 14.0. The molecule has 1 aromatic heterocycles. The molecule has 0 radical (unpaired) electrons. The van der Waals surface area contributed by atoms with Crippen LogP contribution in [-0.2, 0) is 10.0 Å². The molecule has 0 spiro atoms. The van der Waals surface area contributed by atoms with Crippen LogP contribution in [0, 0.1) is 0 Å². The summed E-state index contributed by atoms with van der Waals surface area (Å²) in [6, 6.07) is 1.54. The largest absolute Gasteiger partial charge is 0.488 e. The number of aromatic nitrogens is 1. The van der Waals surface area contributed by atoms with E-state index in [2.05, 4.69) is 15.0 Å². The summed E-state index contributed by atoms with van der Waals surface area (Å²) in [5, 5.41) is 2.41. The Balaban J connectivity index is 2.43. The first-order valence-corrected chi connectivity index (χ1v) is 7.65. The van der Waals surface area contributed by atoms with Crippen molar-refractivity contribution in [2.45, 2.75) is 18.9 Å². The van der Waals surface area contributed by atoms with Crippen molar-refractivity contribution in [3.8, 4) is 5.75 Å². The van der Waals surface area contributed by atoms with E-state index in [0.717, 1.165) is 19.1 Å². The molecule has 0 unspecified atom stereocenters. The van der Waals surface area contributed by atoms with E-state index in [1.807, 2.05) is 0 Å². The fourth-order valence-electron chi connectivity index (χ4n) is 1.48. The lowest BCUT2D eigenvalue weighted by Gasteiger charge is -2.14. The molecular weight excluding hydrogens is 270 g/mol. The third-order valence-corrected chi connectivity index (χ3v) is 3.04. The predicted octanol–water partition coefficient (Wildman–Crippen LogP) is 0.354. The maximum atomic E-state index is 11.7. The molecular formula is C11H15N3O4S. The van der Waals surface area contributed by atoms with Crippen molar-refractivity contribution in [1.82, 2.24) is 10.3 Å². The van der Waals surface area contributed by atoms with E-state index < -0.39 is 15.9 Å². The van der Waals surface area contributed by atoms with Gasteiger partial charge in [0.25, 0.3) is 5.91 Å². The number of pyridine rings is 1. The molecule has 1 aromatic rings. The molecule has 0 atom stereocenters. The van der Waals surface area contributed by atoms with Gasteiger partial charge < -0.3 is 10.1 Å². The highest BCUT2D eigenvalue weighted by atomic mass is 32.2. The van der Waals surface area contributed by atoms with Crippen LogP contribution in [0.5, 0.6) is 5.75 Å². The molecule has 8 heteroatoms. The summed E-state index contributed by atoms with van der Waals surface area (Å²) in [5.41, 5.74) is 0.0716. The number of nitrogens with one attached hydrogen (secondary N) is 2. The van der Waals surface area contributed by atoms with Gasteiger partial charge in [0.2, 0.25) is 10.0 Å². The summed E-state index contributed by atoms with van der Waals surface area (Å²) >= 11 is 0. The van der Waals surface area contributed by atoms with Crippen molar-refractivity contribution in [3.05, 3.63) is 18.0 Å². The Morgan fingerprint density at radius 1 is 1.47 bits per heavy atom. The van der Waals surface area contributed by atoms with E-state index in [-0.39, 0.29) is 17.5 Å². The van der Waals surface area contributed by atoms with Crippen molar-refractivity contribution in [2.75, 3.05) is 18.0 Å². The molecule has 1 aliphatic carbocycles. The third kappa shape index (κ3) is 3.57. The summed E-state index contributed by atoms with van der Waals surface area (Å²) in [4.78, 5) is 15.6. The first-order valence-electron chi connectivity index (χ1n) is 5.76. The van der Waals surface area contributed by atoms with E-state index in [0.29, 0.717) is 5.75 Å². The Bertz CT molecular complexity index is 596. The van der Waals surface area contributed by atoms with Gasteiger partial charge in [-0.05, 0) is 12.8 Å². The highest BCUT2D eigenvalue weighted by Crippen LogP contribution is 2.33. The van der Waals surface area contributed by atoms with Crippen LogP contribution in [-0.4, -0.2) is 38.7 Å². The van der Waals surface area contributed by atoms with E-state index in [4.69, 9.17) is 4.74 Å². The van der Waals surface area contributed by atoms with Gasteiger partial charge in [-0.25, -0.2) is 13.4 Å². The molecule has 0 saturated heterocycles. The molecule has 1 saturated carbocycles. The van der Waals surface area contributed by atoms with Gasteiger partial charge in [-0.15, -0.1) is 0 Å². The van der Waals surface area contributed by atoms with Crippen molar-refractivity contribution in [2.24, 2.45) is 0 Å². The number of sulfonamides is 1. The van der Waals surface area contributed by atoms with Gasteiger partial charge in [-0.2, -0.15) is 0 Å². The fraction of sp³-hybridized carbons (Fsp3) is 0.455. The first kappa shape index (κ1) is 13.6. The van der Waals surface area contributed by atoms with Crippen LogP contribution in [0.15, 0.2) is 12.3 Å². The standard InChI is InChI=1S/C11H15N3O4S/c1-12-11(15)10-9(14-19(2,16)17)8(5-6-13-10)18-7-3-4-7/h5-7,14H,3-4H2,1-2H3,(H,12,15). The number of carbonyl (C=O) groups is 1. The molecule has 2 N–H and O–H groups in total. The second-order valence-corrected chi connectivity index (χ2v) is 6.05. The average molecular weight is 285 g/mol. The molecule has 1 heterocycles. The number of rotatable bonds is 5. The molecule has 1 fully saturated rings. The highest BCUT2D eigenvalue weighted by Gasteiger charge is 2.27. The average Bonchev–Trinajstić information content (AvgIpc) is 3.12. The van der Waals surface area contributed by atoms with Gasteiger partial charge in [-0.1, -0.05) is 0 Å². The Morgan fingerprint density at radius 2 is 2.16 bits per heavy atom. The second-order valence-electron chi connectivity index (χ2n) is 4.30. The van der Waals surface area contributed by atoms with E-state index in [9.17, 15) is 13.2 Å². The van der Waals surface area contributed by atoms with Crippen LogP contribution in [0.4, 0.5) is 5.69 Å². The molecule has 0 bridgehead atoms. The van der Waals surface area contributed by atoms with Crippen LogP contribution >= 0.6 is 0 Å². The van der Waals surface area contributed by atoms with Gasteiger partial charge in [0.1, 0.15) is 11.4 Å². The summed E-state index contributed by atoms with van der Waals surface area (Å²) in [5.74, 6) is -0.158. The molecule has 7 nitrogen and oxygen atoms in total. The Kier molecular flexibility index (Phi) is 3.61. The van der Waals surface area contributed by atoms with E-state index in [1.165, 1.54) is 19.3 Å². The Morgan fingerprint density at radius 3 is 2.68 bits per heavy atom. The van der Waals surface area contributed by atoms with Crippen molar-refractivity contribution in [1.29, 1.82) is 0 Å². The Labute approximate surface area is 111 Å². The van der Waals surface area contributed by atoms with Crippen LogP contribution in [0.25, 0.3) is 0 Å². The van der Waals surface area contributed by atoms with Crippen LogP contribution in [0.3, 0.4) is 0 Å². The summed E-state index contributed by atoms with van der Waals surface area (Å²) in [6.07, 6.45) is 4.36. The topological polar surface area (TPSA) is 97.4 Å². The second kappa shape index (κ2) is 5.04. The number of anilines is 1. The normalized spacial score (nSPS) is 14.8. The van der Waals surface area contributed by atoms with E-state index >= 15 is 0 Å². The summed E-state index contributed by atoms with van der Waals surface area (Å²) in [7, 11) is -2.08. The lowest BCUT2D eigenvalue weighted by Crippen LogP contribution is -2.23. The molecule has 1 amide bonds. The zero-order valence-electron chi connectivity index (χ0n) is 10.6. The predicted molar refractivity (Wildman–Crippen MR) is 69.7 cm³/mol. The highest BCUT2D eigenvalue weighted by molar-refractivity contribution is 7.92. The minimum atomic E-state index is -3.53. The third-order valence-electron chi connectivity index (χ3n) is 2.46. The van der Waals surface area contributed by atoms with Crippen molar-refractivity contribution >= 4 is 21.6 Å².